The van der Waals surface area contributed by atoms with Gasteiger partial charge in [-0.3, -0.25) is 0 Å². The first kappa shape index (κ1) is 15.0. The van der Waals surface area contributed by atoms with Crippen LogP contribution in [0.5, 0.6) is 0 Å². The highest BCUT2D eigenvalue weighted by molar-refractivity contribution is 5.47. The molecule has 2 nitrogen and oxygen atoms in total. The Labute approximate surface area is 112 Å². The molecule has 0 fully saturated rings. The molecule has 18 heavy (non-hydrogen) atoms. The van der Waals surface area contributed by atoms with E-state index >= 15 is 0 Å². The number of hydrogen-bond donors (Lipinski definition) is 1. The summed E-state index contributed by atoms with van der Waals surface area (Å²) in [4.78, 5) is 2.34. The fourth-order valence-electron chi connectivity index (χ4n) is 2.15. The summed E-state index contributed by atoms with van der Waals surface area (Å²) in [7, 11) is 4.20. The van der Waals surface area contributed by atoms with E-state index in [1.165, 1.54) is 17.7 Å². The maximum atomic E-state index is 3.34. The summed E-state index contributed by atoms with van der Waals surface area (Å²) >= 11 is 0. The second-order valence-corrected chi connectivity index (χ2v) is 5.45. The molecule has 0 heterocycles. The zero-order valence-electron chi connectivity index (χ0n) is 12.5. The van der Waals surface area contributed by atoms with Crippen molar-refractivity contribution in [1.29, 1.82) is 0 Å². The lowest BCUT2D eigenvalue weighted by atomic mass is 10.0. The molecule has 0 aliphatic carbocycles. The highest BCUT2D eigenvalue weighted by Crippen LogP contribution is 2.20. The van der Waals surface area contributed by atoms with Gasteiger partial charge >= 0.3 is 0 Å². The van der Waals surface area contributed by atoms with Crippen LogP contribution in [0.25, 0.3) is 0 Å². The lowest BCUT2D eigenvalue weighted by molar-refractivity contribution is 0.576. The first-order valence-electron chi connectivity index (χ1n) is 7.06. The predicted octanol–water partition coefficient (Wildman–Crippen LogP) is 3.84. The van der Waals surface area contributed by atoms with Crippen LogP contribution in [0, 0.1) is 5.92 Å². The van der Waals surface area contributed by atoms with E-state index in [9.17, 15) is 0 Å². The molecule has 0 bridgehead atoms. The molecular weight excluding hydrogens is 220 g/mol. The van der Waals surface area contributed by atoms with E-state index in [0.29, 0.717) is 6.04 Å². The summed E-state index contributed by atoms with van der Waals surface area (Å²) < 4.78 is 0. The normalized spacial score (nSPS) is 12.8. The van der Waals surface area contributed by atoms with Crippen LogP contribution >= 0.6 is 0 Å². The third kappa shape index (κ3) is 4.34. The van der Waals surface area contributed by atoms with Gasteiger partial charge in [-0.2, -0.15) is 0 Å². The van der Waals surface area contributed by atoms with Crippen molar-refractivity contribution in [2.75, 3.05) is 25.5 Å². The maximum absolute atomic E-state index is 3.34. The third-order valence-corrected chi connectivity index (χ3v) is 3.53. The van der Waals surface area contributed by atoms with E-state index in [2.05, 4.69) is 62.3 Å². The molecular formula is C16H28N2. The third-order valence-electron chi connectivity index (χ3n) is 3.53. The van der Waals surface area contributed by atoms with Gasteiger partial charge in [-0.15, -0.1) is 0 Å². The van der Waals surface area contributed by atoms with Crippen LogP contribution in [0.2, 0.25) is 0 Å². The van der Waals surface area contributed by atoms with Gasteiger partial charge in [0, 0.05) is 25.3 Å². The number of benzene rings is 1. The lowest BCUT2D eigenvalue weighted by Gasteiger charge is -2.21. The lowest BCUT2D eigenvalue weighted by Crippen LogP contribution is -2.20. The standard InChI is InChI=1S/C16H28N2/c1-6-16(17-4)14-7-9-15(10-8-14)18(5)12-11-13(2)3/h7-10,13,16-17H,6,11-12H2,1-5H3. The van der Waals surface area contributed by atoms with E-state index in [1.54, 1.807) is 0 Å². The Balaban J connectivity index is 2.64. The van der Waals surface area contributed by atoms with Gasteiger partial charge in [-0.1, -0.05) is 32.9 Å². The van der Waals surface area contributed by atoms with E-state index in [4.69, 9.17) is 0 Å². The Hall–Kier alpha value is -1.02. The molecule has 1 atom stereocenters. The first-order chi connectivity index (χ1) is 8.58. The van der Waals surface area contributed by atoms with Gasteiger partial charge in [0.25, 0.3) is 0 Å². The number of hydrogen-bond acceptors (Lipinski definition) is 2. The molecule has 1 aromatic rings. The van der Waals surface area contributed by atoms with Crippen molar-refractivity contribution in [1.82, 2.24) is 5.32 Å². The number of nitrogens with zero attached hydrogens (tertiary/aromatic N) is 1. The molecule has 0 radical (unpaired) electrons. The Kier molecular flexibility index (Phi) is 6.20. The van der Waals surface area contributed by atoms with Gasteiger partial charge in [0.15, 0.2) is 0 Å². The highest BCUT2D eigenvalue weighted by Gasteiger charge is 2.07. The number of nitrogens with one attached hydrogen (secondary N) is 1. The van der Waals surface area contributed by atoms with Crippen molar-refractivity contribution in [2.24, 2.45) is 5.92 Å². The Morgan fingerprint density at radius 2 is 1.78 bits per heavy atom. The average molecular weight is 248 g/mol. The molecule has 2 heteroatoms. The molecule has 0 saturated heterocycles. The van der Waals surface area contributed by atoms with Crippen molar-refractivity contribution in [3.8, 4) is 0 Å². The molecule has 0 aliphatic rings. The molecule has 0 aromatic heterocycles. The van der Waals surface area contributed by atoms with E-state index in [-0.39, 0.29) is 0 Å². The minimum absolute atomic E-state index is 0.472. The van der Waals surface area contributed by atoms with Crippen LogP contribution < -0.4 is 10.2 Å². The quantitative estimate of drug-likeness (QED) is 0.788. The molecule has 1 N–H and O–H groups in total. The summed E-state index contributed by atoms with van der Waals surface area (Å²) in [5.74, 6) is 0.764. The highest BCUT2D eigenvalue weighted by atomic mass is 15.1. The molecule has 0 amide bonds. The second kappa shape index (κ2) is 7.42. The summed E-state index contributed by atoms with van der Waals surface area (Å²) in [5, 5.41) is 3.34. The Bertz CT molecular complexity index is 325. The summed E-state index contributed by atoms with van der Waals surface area (Å²) in [6, 6.07) is 9.42. The van der Waals surface area contributed by atoms with Crippen LogP contribution in [0.15, 0.2) is 24.3 Å². The van der Waals surface area contributed by atoms with Gasteiger partial charge in [-0.25, -0.2) is 0 Å². The van der Waals surface area contributed by atoms with Crippen molar-refractivity contribution in [3.63, 3.8) is 0 Å². The Morgan fingerprint density at radius 1 is 1.17 bits per heavy atom. The molecule has 102 valence electrons. The van der Waals surface area contributed by atoms with Gasteiger partial charge in [-0.05, 0) is 43.5 Å². The Morgan fingerprint density at radius 3 is 2.22 bits per heavy atom. The van der Waals surface area contributed by atoms with Crippen LogP contribution in [0.3, 0.4) is 0 Å². The van der Waals surface area contributed by atoms with E-state index < -0.39 is 0 Å². The molecule has 0 saturated carbocycles. The summed E-state index contributed by atoms with van der Waals surface area (Å²) in [5.41, 5.74) is 2.69. The van der Waals surface area contributed by atoms with Crippen molar-refractivity contribution in [2.45, 2.75) is 39.7 Å². The fourth-order valence-corrected chi connectivity index (χ4v) is 2.15. The minimum Gasteiger partial charge on any atom is -0.375 e. The van der Waals surface area contributed by atoms with Crippen molar-refractivity contribution < 1.29 is 0 Å². The summed E-state index contributed by atoms with van der Waals surface area (Å²) in [6.45, 7) is 7.88. The summed E-state index contributed by atoms with van der Waals surface area (Å²) in [6.07, 6.45) is 2.37. The average Bonchev–Trinajstić information content (AvgIpc) is 2.38. The maximum Gasteiger partial charge on any atom is 0.0363 e. The number of rotatable bonds is 7. The molecule has 0 aliphatic heterocycles. The zero-order valence-corrected chi connectivity index (χ0v) is 12.5. The SMILES string of the molecule is CCC(NC)c1ccc(N(C)CCC(C)C)cc1. The van der Waals surface area contributed by atoms with Crippen LogP contribution in [0.4, 0.5) is 5.69 Å². The van der Waals surface area contributed by atoms with E-state index in [1.807, 2.05) is 7.05 Å². The molecule has 1 rings (SSSR count). The zero-order chi connectivity index (χ0) is 13.5. The van der Waals surface area contributed by atoms with Gasteiger partial charge < -0.3 is 10.2 Å². The number of anilines is 1. The topological polar surface area (TPSA) is 15.3 Å². The molecule has 0 spiro atoms. The first-order valence-corrected chi connectivity index (χ1v) is 7.06. The van der Waals surface area contributed by atoms with Crippen LogP contribution in [-0.4, -0.2) is 20.6 Å². The molecule has 1 aromatic carbocycles. The molecule has 1 unspecified atom stereocenters. The minimum atomic E-state index is 0.472. The smallest absolute Gasteiger partial charge is 0.0363 e. The monoisotopic (exact) mass is 248 g/mol. The van der Waals surface area contributed by atoms with E-state index in [0.717, 1.165) is 18.9 Å². The second-order valence-electron chi connectivity index (χ2n) is 5.45. The van der Waals surface area contributed by atoms with Gasteiger partial charge in [0.05, 0.1) is 0 Å². The predicted molar refractivity (Wildman–Crippen MR) is 81.3 cm³/mol. The van der Waals surface area contributed by atoms with Crippen LogP contribution in [0.1, 0.15) is 45.2 Å². The largest absolute Gasteiger partial charge is 0.375 e. The van der Waals surface area contributed by atoms with Crippen molar-refractivity contribution >= 4 is 5.69 Å². The van der Waals surface area contributed by atoms with Crippen LogP contribution in [-0.2, 0) is 0 Å². The van der Waals surface area contributed by atoms with Gasteiger partial charge in [0.1, 0.15) is 0 Å². The fraction of sp³-hybridized carbons (Fsp3) is 0.625. The van der Waals surface area contributed by atoms with Crippen molar-refractivity contribution in [3.05, 3.63) is 29.8 Å². The van der Waals surface area contributed by atoms with Gasteiger partial charge in [0.2, 0.25) is 0 Å².